The zero-order valence-electron chi connectivity index (χ0n) is 7.50. The summed E-state index contributed by atoms with van der Waals surface area (Å²) in [7, 11) is 0. The van der Waals surface area contributed by atoms with Gasteiger partial charge in [-0.3, -0.25) is 4.99 Å². The summed E-state index contributed by atoms with van der Waals surface area (Å²) in [4.78, 5) is 4.15. The molecular weight excluding hydrogens is 152 g/mol. The summed E-state index contributed by atoms with van der Waals surface area (Å²) in [6.07, 6.45) is 2.62. The van der Waals surface area contributed by atoms with E-state index in [9.17, 15) is 0 Å². The Morgan fingerprint density at radius 3 is 2.92 bits per heavy atom. The van der Waals surface area contributed by atoms with Crippen molar-refractivity contribution in [2.45, 2.75) is 20.3 Å². The average molecular weight is 166 g/mol. The van der Waals surface area contributed by atoms with Crippen molar-refractivity contribution in [3.05, 3.63) is 23.7 Å². The maximum Gasteiger partial charge on any atom is 0.171 e. The molecule has 0 saturated carbocycles. The van der Waals surface area contributed by atoms with E-state index in [0.29, 0.717) is 11.6 Å². The predicted octanol–water partition coefficient (Wildman–Crippen LogP) is 1.70. The molecule has 12 heavy (non-hydrogen) atoms. The predicted molar refractivity (Wildman–Crippen MR) is 49.3 cm³/mol. The van der Waals surface area contributed by atoms with E-state index in [2.05, 4.69) is 11.9 Å². The summed E-state index contributed by atoms with van der Waals surface area (Å²) in [5, 5.41) is 0. The van der Waals surface area contributed by atoms with Gasteiger partial charge in [-0.15, -0.1) is 0 Å². The van der Waals surface area contributed by atoms with E-state index < -0.39 is 0 Å². The highest BCUT2D eigenvalue weighted by atomic mass is 16.3. The van der Waals surface area contributed by atoms with Crippen LogP contribution in [0.3, 0.4) is 0 Å². The summed E-state index contributed by atoms with van der Waals surface area (Å²) in [6, 6.07) is 1.88. The van der Waals surface area contributed by atoms with Gasteiger partial charge in [0.15, 0.2) is 11.6 Å². The van der Waals surface area contributed by atoms with Gasteiger partial charge in [-0.25, -0.2) is 0 Å². The zero-order valence-corrected chi connectivity index (χ0v) is 7.50. The van der Waals surface area contributed by atoms with Gasteiger partial charge >= 0.3 is 0 Å². The van der Waals surface area contributed by atoms with Crippen LogP contribution in [0.5, 0.6) is 0 Å². The van der Waals surface area contributed by atoms with Crippen LogP contribution in [-0.4, -0.2) is 12.4 Å². The lowest BCUT2D eigenvalue weighted by Crippen LogP contribution is -2.14. The third-order valence-electron chi connectivity index (χ3n) is 1.60. The average Bonchev–Trinajstić information content (AvgIpc) is 2.47. The van der Waals surface area contributed by atoms with Crippen LogP contribution >= 0.6 is 0 Å². The Labute approximate surface area is 72.3 Å². The lowest BCUT2D eigenvalue weighted by Gasteiger charge is -1.96. The molecule has 0 saturated heterocycles. The minimum absolute atomic E-state index is 0.499. The van der Waals surface area contributed by atoms with Crippen molar-refractivity contribution in [3.63, 3.8) is 0 Å². The van der Waals surface area contributed by atoms with E-state index in [1.165, 1.54) is 0 Å². The molecule has 2 N–H and O–H groups in total. The number of aryl methyl sites for hydroxylation is 1. The third kappa shape index (κ3) is 1.87. The number of nitrogens with zero attached hydrogens (tertiary/aromatic N) is 1. The normalized spacial score (nSPS) is 12.0. The highest BCUT2D eigenvalue weighted by molar-refractivity contribution is 5.96. The molecule has 0 unspecified atom stereocenters. The van der Waals surface area contributed by atoms with Crippen molar-refractivity contribution in [2.24, 2.45) is 10.7 Å². The van der Waals surface area contributed by atoms with Gasteiger partial charge in [0.2, 0.25) is 0 Å². The molecule has 0 spiro atoms. The molecule has 1 aromatic heterocycles. The van der Waals surface area contributed by atoms with Crippen molar-refractivity contribution in [2.75, 3.05) is 6.54 Å². The molecule has 1 rings (SSSR count). The molecule has 66 valence electrons. The molecule has 3 heteroatoms. The quantitative estimate of drug-likeness (QED) is 0.549. The number of amidine groups is 1. The molecule has 0 amide bonds. The van der Waals surface area contributed by atoms with Crippen LogP contribution < -0.4 is 5.73 Å². The van der Waals surface area contributed by atoms with Gasteiger partial charge in [0, 0.05) is 6.54 Å². The molecule has 1 aromatic rings. The van der Waals surface area contributed by atoms with Crippen LogP contribution in [0.4, 0.5) is 0 Å². The third-order valence-corrected chi connectivity index (χ3v) is 1.60. The maximum absolute atomic E-state index is 5.68. The Bertz CT molecular complexity index is 276. The number of rotatable bonds is 3. The molecule has 0 bridgehead atoms. The molecule has 3 nitrogen and oxygen atoms in total. The number of furan rings is 1. The lowest BCUT2D eigenvalue weighted by atomic mass is 10.3. The Balaban J connectivity index is 2.77. The fourth-order valence-corrected chi connectivity index (χ4v) is 0.939. The Morgan fingerprint density at radius 1 is 1.67 bits per heavy atom. The van der Waals surface area contributed by atoms with Gasteiger partial charge in [-0.1, -0.05) is 6.92 Å². The topological polar surface area (TPSA) is 51.5 Å². The smallest absolute Gasteiger partial charge is 0.171 e. The van der Waals surface area contributed by atoms with Gasteiger partial charge in [-0.05, 0) is 25.0 Å². The number of hydrogen-bond acceptors (Lipinski definition) is 2. The van der Waals surface area contributed by atoms with E-state index in [1.54, 1.807) is 6.26 Å². The molecule has 0 aliphatic rings. The van der Waals surface area contributed by atoms with E-state index >= 15 is 0 Å². The Hall–Kier alpha value is -1.25. The highest BCUT2D eigenvalue weighted by Gasteiger charge is 2.04. The first-order valence-corrected chi connectivity index (χ1v) is 4.10. The Kier molecular flexibility index (Phi) is 2.91. The van der Waals surface area contributed by atoms with Crippen molar-refractivity contribution in [1.82, 2.24) is 0 Å². The maximum atomic E-state index is 5.68. The molecule has 1 heterocycles. The van der Waals surface area contributed by atoms with Crippen molar-refractivity contribution in [1.29, 1.82) is 0 Å². The van der Waals surface area contributed by atoms with Gasteiger partial charge in [0.05, 0.1) is 6.26 Å². The number of hydrogen-bond donors (Lipinski definition) is 1. The van der Waals surface area contributed by atoms with Crippen LogP contribution in [-0.2, 0) is 0 Å². The molecule has 0 atom stereocenters. The first kappa shape index (κ1) is 8.84. The lowest BCUT2D eigenvalue weighted by molar-refractivity contribution is 0.554. The van der Waals surface area contributed by atoms with Crippen molar-refractivity contribution < 1.29 is 4.42 Å². The first-order valence-electron chi connectivity index (χ1n) is 4.10. The van der Waals surface area contributed by atoms with Crippen LogP contribution in [0, 0.1) is 6.92 Å². The van der Waals surface area contributed by atoms with Gasteiger partial charge < -0.3 is 10.2 Å². The molecule has 0 fully saturated rings. The second kappa shape index (κ2) is 3.95. The number of nitrogens with two attached hydrogens (primary N) is 1. The highest BCUT2D eigenvalue weighted by Crippen LogP contribution is 2.07. The SMILES string of the molecule is CCCN=C(N)c1occc1C. The van der Waals surface area contributed by atoms with Crippen LogP contribution in [0.25, 0.3) is 0 Å². The minimum atomic E-state index is 0.499. The fraction of sp³-hybridized carbons (Fsp3) is 0.444. The van der Waals surface area contributed by atoms with Gasteiger partial charge in [0.1, 0.15) is 0 Å². The van der Waals surface area contributed by atoms with E-state index in [0.717, 1.165) is 18.5 Å². The fourth-order valence-electron chi connectivity index (χ4n) is 0.939. The monoisotopic (exact) mass is 166 g/mol. The summed E-state index contributed by atoms with van der Waals surface area (Å²) in [6.45, 7) is 4.77. The Morgan fingerprint density at radius 2 is 2.42 bits per heavy atom. The largest absolute Gasteiger partial charge is 0.461 e. The summed E-state index contributed by atoms with van der Waals surface area (Å²) < 4.78 is 5.17. The molecule has 0 aliphatic heterocycles. The molecule has 0 aromatic carbocycles. The second-order valence-electron chi connectivity index (χ2n) is 2.70. The molecule has 0 aliphatic carbocycles. The van der Waals surface area contributed by atoms with Crippen LogP contribution in [0.1, 0.15) is 24.7 Å². The van der Waals surface area contributed by atoms with E-state index in [1.807, 2.05) is 13.0 Å². The number of aliphatic imine (C=N–C) groups is 1. The van der Waals surface area contributed by atoms with Gasteiger partial charge in [-0.2, -0.15) is 0 Å². The summed E-state index contributed by atoms with van der Waals surface area (Å²) in [5.74, 6) is 1.20. The van der Waals surface area contributed by atoms with E-state index in [4.69, 9.17) is 10.2 Å². The van der Waals surface area contributed by atoms with Crippen LogP contribution in [0.2, 0.25) is 0 Å². The van der Waals surface area contributed by atoms with Gasteiger partial charge in [0.25, 0.3) is 0 Å². The molecule has 0 radical (unpaired) electrons. The van der Waals surface area contributed by atoms with E-state index in [-0.39, 0.29) is 0 Å². The van der Waals surface area contributed by atoms with Crippen LogP contribution in [0.15, 0.2) is 21.7 Å². The van der Waals surface area contributed by atoms with Crippen molar-refractivity contribution in [3.8, 4) is 0 Å². The second-order valence-corrected chi connectivity index (χ2v) is 2.70. The summed E-state index contributed by atoms with van der Waals surface area (Å²) >= 11 is 0. The summed E-state index contributed by atoms with van der Waals surface area (Å²) in [5.41, 5.74) is 6.72. The molecular formula is C9H14N2O. The minimum Gasteiger partial charge on any atom is -0.461 e. The van der Waals surface area contributed by atoms with Crippen molar-refractivity contribution >= 4 is 5.84 Å². The first-order chi connectivity index (χ1) is 5.75. The zero-order chi connectivity index (χ0) is 8.97. The standard InChI is InChI=1S/C9H14N2O/c1-3-5-11-9(10)8-7(2)4-6-12-8/h4,6H,3,5H2,1-2H3,(H2,10,11).